The maximum atomic E-state index is 11.6. The molecule has 0 bridgehead atoms. The smallest absolute Gasteiger partial charge is 0.215 e. The van der Waals surface area contributed by atoms with Gasteiger partial charge in [0.25, 0.3) is 0 Å². The van der Waals surface area contributed by atoms with Crippen LogP contribution in [0.1, 0.15) is 25.7 Å². The van der Waals surface area contributed by atoms with Crippen LogP contribution in [0.4, 0.5) is 0 Å². The monoisotopic (exact) mass is 601 g/mol. The molecule has 2 aliphatic carbocycles. The molecule has 15 heteroatoms. The van der Waals surface area contributed by atoms with Gasteiger partial charge in [-0.15, -0.1) is 0 Å². The van der Waals surface area contributed by atoms with Crippen molar-refractivity contribution in [1.82, 2.24) is 16.0 Å². The van der Waals surface area contributed by atoms with Gasteiger partial charge in [0.15, 0.2) is 6.29 Å². The molecule has 0 spiro atoms. The summed E-state index contributed by atoms with van der Waals surface area (Å²) in [5.74, 6) is 1.27. The predicted molar refractivity (Wildman–Crippen MR) is 154 cm³/mol. The zero-order valence-electron chi connectivity index (χ0n) is 24.3. The first-order valence-electron chi connectivity index (χ1n) is 14.9. The molecule has 0 aromatic rings. The van der Waals surface area contributed by atoms with Crippen molar-refractivity contribution in [3.8, 4) is 0 Å². The molecule has 15 N–H and O–H groups in total. The first-order chi connectivity index (χ1) is 20.1. The normalized spacial score (nSPS) is 42.5. The van der Waals surface area contributed by atoms with E-state index >= 15 is 0 Å². The molecule has 42 heavy (non-hydrogen) atoms. The molecule has 2 aliphatic heterocycles. The number of aliphatic hydroxyl groups is 4. The topological polar surface area (TPSA) is 258 Å². The summed E-state index contributed by atoms with van der Waals surface area (Å²) in [6.07, 6.45) is -1.43. The van der Waals surface area contributed by atoms with E-state index in [4.69, 9.17) is 41.9 Å². The maximum Gasteiger partial charge on any atom is 0.215 e. The minimum atomic E-state index is -1.27. The Bertz CT molecular complexity index is 910. The second-order valence-corrected chi connectivity index (χ2v) is 11.9. The molecular formula is C27H51N7O8. The van der Waals surface area contributed by atoms with Crippen LogP contribution in [0.25, 0.3) is 0 Å². The molecule has 0 radical (unpaired) electrons. The Morgan fingerprint density at radius 2 is 1.81 bits per heavy atom. The first kappa shape index (κ1) is 33.5. The zero-order valence-corrected chi connectivity index (χ0v) is 24.3. The van der Waals surface area contributed by atoms with E-state index in [2.05, 4.69) is 16.0 Å². The van der Waals surface area contributed by atoms with E-state index in [0.29, 0.717) is 42.7 Å². The van der Waals surface area contributed by atoms with Crippen molar-refractivity contribution in [3.63, 3.8) is 0 Å². The van der Waals surface area contributed by atoms with Crippen molar-refractivity contribution >= 4 is 0 Å². The van der Waals surface area contributed by atoms with Crippen LogP contribution in [-0.2, 0) is 18.9 Å². The van der Waals surface area contributed by atoms with Gasteiger partial charge in [0.2, 0.25) is 6.29 Å². The zero-order chi connectivity index (χ0) is 30.4. The lowest BCUT2D eigenvalue weighted by molar-refractivity contribution is -0.276. The molecule has 4 rings (SSSR count). The Balaban J connectivity index is 1.42. The van der Waals surface area contributed by atoms with Crippen LogP contribution >= 0.6 is 0 Å². The minimum absolute atomic E-state index is 0.0113. The maximum absolute atomic E-state index is 11.6. The highest BCUT2D eigenvalue weighted by atomic mass is 16.7. The highest BCUT2D eigenvalue weighted by molar-refractivity contribution is 5.14. The van der Waals surface area contributed by atoms with Crippen molar-refractivity contribution < 1.29 is 39.4 Å². The fourth-order valence-electron chi connectivity index (χ4n) is 6.07. The third kappa shape index (κ3) is 8.18. The molecule has 242 valence electrons. The van der Waals surface area contributed by atoms with Gasteiger partial charge in [-0.25, -0.2) is 0 Å². The molecule has 0 aromatic heterocycles. The van der Waals surface area contributed by atoms with Crippen molar-refractivity contribution in [2.45, 2.75) is 99.0 Å². The van der Waals surface area contributed by atoms with Gasteiger partial charge in [-0.2, -0.15) is 0 Å². The Kier molecular flexibility index (Phi) is 12.4. The third-order valence-electron chi connectivity index (χ3n) is 8.64. The summed E-state index contributed by atoms with van der Waals surface area (Å²) < 4.78 is 24.2. The Morgan fingerprint density at radius 1 is 1.07 bits per heavy atom. The van der Waals surface area contributed by atoms with Crippen LogP contribution in [0, 0.1) is 5.92 Å². The lowest BCUT2D eigenvalue weighted by Gasteiger charge is -2.47. The van der Waals surface area contributed by atoms with E-state index in [1.807, 2.05) is 6.08 Å². The van der Waals surface area contributed by atoms with Crippen molar-refractivity contribution in [3.05, 3.63) is 23.7 Å². The van der Waals surface area contributed by atoms with Crippen LogP contribution in [0.5, 0.6) is 0 Å². The highest BCUT2D eigenvalue weighted by Crippen LogP contribution is 2.31. The second kappa shape index (κ2) is 15.5. The standard InChI is InChI=1S/C27H51N7O8/c1-32-21-14(11-35)12-39-27(22(21)37)42-25-20(34-9-16(36)7-28)6-19(31)24(23(25)38)41-26-18(30)3-2-17(40-26)10-33-8-13-4-15(29)5-13/h2,11,13,15-16,18-27,32-38H,3-10,12,28-31H2,1H3/b14-11-/t13?,15?,16?,18-,19+,20-,21+,22-,23+,24?,25+,26-,27-/m1/s1. The average Bonchev–Trinajstić information content (AvgIpc) is 2.96. The first-order valence-corrected chi connectivity index (χ1v) is 14.9. The van der Waals surface area contributed by atoms with Crippen molar-refractivity contribution in [2.75, 3.05) is 39.8 Å². The number of rotatable bonds is 13. The lowest BCUT2D eigenvalue weighted by atomic mass is 9.81. The Morgan fingerprint density at radius 3 is 2.48 bits per heavy atom. The van der Waals surface area contributed by atoms with E-state index < -0.39 is 67.3 Å². The van der Waals surface area contributed by atoms with E-state index in [0.717, 1.165) is 25.6 Å². The summed E-state index contributed by atoms with van der Waals surface area (Å²) in [6.45, 7) is 1.57. The van der Waals surface area contributed by atoms with Crippen molar-refractivity contribution in [1.29, 1.82) is 0 Å². The van der Waals surface area contributed by atoms with E-state index in [9.17, 15) is 20.4 Å². The number of aliphatic hydroxyl groups excluding tert-OH is 4. The average molecular weight is 602 g/mol. The van der Waals surface area contributed by atoms with Gasteiger partial charge in [-0.05, 0) is 51.3 Å². The summed E-state index contributed by atoms with van der Waals surface area (Å²) in [5.41, 5.74) is 24.8. The summed E-state index contributed by atoms with van der Waals surface area (Å²) in [4.78, 5) is 0. The molecule has 2 saturated carbocycles. The molecule has 0 amide bonds. The summed E-state index contributed by atoms with van der Waals surface area (Å²) >= 11 is 0. The van der Waals surface area contributed by atoms with Gasteiger partial charge < -0.3 is 78.3 Å². The van der Waals surface area contributed by atoms with Gasteiger partial charge in [0, 0.05) is 36.8 Å². The SMILES string of the molecule is CN[C@H]1/C(=C\O)CO[C@H](O[C@H]2[C@H](NCC(O)CN)C[C@H](N)C(O[C@H]3OC(CNCC4CC(N)C4)=CC[C@H]3N)[C@@H]2O)[C@@H]1O. The van der Waals surface area contributed by atoms with Crippen LogP contribution in [0.15, 0.2) is 23.7 Å². The van der Waals surface area contributed by atoms with Gasteiger partial charge in [-0.1, -0.05) is 0 Å². The van der Waals surface area contributed by atoms with Gasteiger partial charge in [0.05, 0.1) is 37.6 Å². The fourth-order valence-corrected chi connectivity index (χ4v) is 6.07. The van der Waals surface area contributed by atoms with Gasteiger partial charge in [-0.3, -0.25) is 0 Å². The number of likely N-dealkylation sites (N-methyl/N-ethyl adjacent to an activating group) is 1. The van der Waals surface area contributed by atoms with E-state index in [-0.39, 0.29) is 19.7 Å². The molecule has 4 aliphatic rings. The fraction of sp³-hybridized carbons (Fsp3) is 0.852. The molecule has 2 unspecified atom stereocenters. The van der Waals surface area contributed by atoms with E-state index in [1.54, 1.807) is 7.05 Å². The van der Waals surface area contributed by atoms with Gasteiger partial charge >= 0.3 is 0 Å². The minimum Gasteiger partial charge on any atom is -0.515 e. The summed E-state index contributed by atoms with van der Waals surface area (Å²) in [6, 6.07) is -1.97. The number of nitrogens with two attached hydrogens (primary N) is 4. The van der Waals surface area contributed by atoms with Crippen LogP contribution in [0.2, 0.25) is 0 Å². The Hall–Kier alpha value is -1.44. The molecule has 11 atom stereocenters. The largest absolute Gasteiger partial charge is 0.515 e. The molecular weight excluding hydrogens is 550 g/mol. The van der Waals surface area contributed by atoms with Crippen LogP contribution in [0.3, 0.4) is 0 Å². The van der Waals surface area contributed by atoms with E-state index in [1.165, 1.54) is 0 Å². The molecule has 3 fully saturated rings. The number of hydrogen-bond acceptors (Lipinski definition) is 15. The van der Waals surface area contributed by atoms with Gasteiger partial charge in [0.1, 0.15) is 30.2 Å². The molecule has 1 saturated heterocycles. The number of hydrogen-bond donors (Lipinski definition) is 11. The highest BCUT2D eigenvalue weighted by Gasteiger charge is 2.49. The number of ether oxygens (including phenoxy) is 4. The summed E-state index contributed by atoms with van der Waals surface area (Å²) in [5, 5.41) is 51.6. The Labute approximate surface area is 246 Å². The quantitative estimate of drug-likeness (QED) is 0.0903. The number of nitrogens with one attached hydrogen (secondary N) is 3. The predicted octanol–water partition coefficient (Wildman–Crippen LogP) is -3.84. The van der Waals surface area contributed by atoms with Crippen LogP contribution < -0.4 is 38.9 Å². The summed E-state index contributed by atoms with van der Waals surface area (Å²) in [7, 11) is 1.64. The molecule has 15 nitrogen and oxygen atoms in total. The molecule has 2 heterocycles. The second-order valence-electron chi connectivity index (χ2n) is 11.9. The molecule has 0 aromatic carbocycles. The third-order valence-corrected chi connectivity index (χ3v) is 8.64. The van der Waals surface area contributed by atoms with Crippen LogP contribution in [-0.4, -0.2) is 134 Å². The van der Waals surface area contributed by atoms with Crippen molar-refractivity contribution in [2.24, 2.45) is 28.9 Å². The lowest BCUT2D eigenvalue weighted by Crippen LogP contribution is -2.67.